The molecular formula is C37H68N2O12. The minimum Gasteiger partial charge on any atom is -0.481 e. The van der Waals surface area contributed by atoms with E-state index in [0.29, 0.717) is 12.8 Å². The highest BCUT2D eigenvalue weighted by Crippen LogP contribution is 2.16. The molecule has 0 amide bonds. The molecule has 0 radical (unpaired) electrons. The number of rotatable bonds is 37. The van der Waals surface area contributed by atoms with E-state index in [9.17, 15) is 39.4 Å². The lowest BCUT2D eigenvalue weighted by atomic mass is 10.0. The first-order valence-corrected chi connectivity index (χ1v) is 19.6. The van der Waals surface area contributed by atoms with Gasteiger partial charge >= 0.3 is 36.0 Å². The summed E-state index contributed by atoms with van der Waals surface area (Å²) in [5, 5.41) is 55.6. The Morgan fingerprint density at radius 1 is 0.353 bits per heavy atom. The first kappa shape index (κ1) is 49.8. The number of carboxylic acid groups (broad SMARTS) is 4. The third-order valence-corrected chi connectivity index (χ3v) is 9.07. The van der Waals surface area contributed by atoms with Crippen molar-refractivity contribution in [2.45, 2.75) is 211 Å². The second-order valence-corrected chi connectivity index (χ2v) is 13.7. The molecule has 0 spiro atoms. The van der Waals surface area contributed by atoms with Crippen LogP contribution in [0.25, 0.3) is 0 Å². The number of carboxylic acids is 4. The normalized spacial score (nSPS) is 12.0. The minimum atomic E-state index is -1.45. The third-order valence-electron chi connectivity index (χ3n) is 9.07. The predicted octanol–water partition coefficient (Wildman–Crippen LogP) is 9.69. The van der Waals surface area contributed by atoms with Gasteiger partial charge in [0.05, 0.1) is 0 Å². The van der Waals surface area contributed by atoms with Crippen molar-refractivity contribution >= 4 is 23.9 Å². The van der Waals surface area contributed by atoms with Gasteiger partial charge in [0.1, 0.15) is 0 Å². The molecule has 0 rings (SSSR count). The first-order chi connectivity index (χ1) is 24.4. The molecule has 0 saturated heterocycles. The fraction of sp³-hybridized carbons (Fsp3) is 0.892. The molecule has 0 aromatic rings. The van der Waals surface area contributed by atoms with Crippen LogP contribution in [-0.2, 0) is 19.2 Å². The van der Waals surface area contributed by atoms with Gasteiger partial charge < -0.3 is 20.4 Å². The summed E-state index contributed by atoms with van der Waals surface area (Å²) in [6.45, 7) is 0. The van der Waals surface area contributed by atoms with Gasteiger partial charge in [0.25, 0.3) is 0 Å². The maximum atomic E-state index is 10.7. The number of unbranched alkanes of at least 4 members (excludes halogenated alkanes) is 25. The van der Waals surface area contributed by atoms with Crippen molar-refractivity contribution < 1.29 is 49.5 Å². The maximum absolute atomic E-state index is 10.7. The summed E-state index contributed by atoms with van der Waals surface area (Å²) >= 11 is 0. The SMILES string of the molecule is O=C(O)CCCCCCCCCCCCCCCC(C(=O)O)[N+](=O)[O-].O=C(O)CCCCCCCCCCCCCCCCC(C(=O)O)[N+](=O)[O-]. The molecule has 4 N–H and O–H groups in total. The summed E-state index contributed by atoms with van der Waals surface area (Å²) in [5.41, 5.74) is 0. The largest absolute Gasteiger partial charge is 0.481 e. The van der Waals surface area contributed by atoms with Gasteiger partial charge in [0, 0.05) is 35.5 Å². The van der Waals surface area contributed by atoms with E-state index in [-0.39, 0.29) is 25.7 Å². The van der Waals surface area contributed by atoms with Gasteiger partial charge in [-0.1, -0.05) is 148 Å². The van der Waals surface area contributed by atoms with Crippen LogP contribution in [0.5, 0.6) is 0 Å². The van der Waals surface area contributed by atoms with E-state index in [2.05, 4.69) is 0 Å². The number of nitro groups is 2. The van der Waals surface area contributed by atoms with Crippen molar-refractivity contribution in [1.82, 2.24) is 0 Å². The highest BCUT2D eigenvalue weighted by Gasteiger charge is 2.28. The molecule has 2 unspecified atom stereocenters. The van der Waals surface area contributed by atoms with Crippen LogP contribution in [0, 0.1) is 20.2 Å². The van der Waals surface area contributed by atoms with Crippen LogP contribution in [0.3, 0.4) is 0 Å². The molecule has 0 heterocycles. The Morgan fingerprint density at radius 2 is 0.529 bits per heavy atom. The number of hydrogen-bond acceptors (Lipinski definition) is 8. The van der Waals surface area contributed by atoms with Crippen LogP contribution < -0.4 is 0 Å². The number of carbonyl (C=O) groups is 4. The fourth-order valence-electron chi connectivity index (χ4n) is 5.93. The number of nitrogens with zero attached hydrogens (tertiary/aromatic N) is 2. The Hall–Kier alpha value is -3.32. The van der Waals surface area contributed by atoms with Gasteiger partial charge in [-0.15, -0.1) is 0 Å². The van der Waals surface area contributed by atoms with Gasteiger partial charge in [-0.25, -0.2) is 9.59 Å². The summed E-state index contributed by atoms with van der Waals surface area (Å²) in [5.74, 6) is -4.09. The molecule has 0 aliphatic carbocycles. The molecule has 0 aliphatic rings. The summed E-state index contributed by atoms with van der Waals surface area (Å²) in [7, 11) is 0. The standard InChI is InChI=1S/C19H35NO6.C18H33NO6/c21-18(22)16-14-12-10-8-6-4-2-1-3-5-7-9-11-13-15-17(19(23)24)20(25)26;20-17(21)15-13-11-9-7-5-3-1-2-4-6-8-10-12-14-16(18(22)23)19(24)25/h17H,1-16H2,(H,21,22)(H,23,24);16H,1-15H2,(H,20,21)(H,22,23). The fourth-order valence-corrected chi connectivity index (χ4v) is 5.93. The van der Waals surface area contributed by atoms with Crippen molar-refractivity contribution in [1.29, 1.82) is 0 Å². The van der Waals surface area contributed by atoms with Crippen molar-refractivity contribution in [3.63, 3.8) is 0 Å². The quantitative estimate of drug-likeness (QED) is 0.0265. The molecule has 298 valence electrons. The lowest BCUT2D eigenvalue weighted by Gasteiger charge is -2.05. The Kier molecular flexibility index (Phi) is 35.6. The summed E-state index contributed by atoms with van der Waals surface area (Å²) in [4.78, 5) is 61.7. The highest BCUT2D eigenvalue weighted by molar-refractivity contribution is 5.72. The monoisotopic (exact) mass is 732 g/mol. The van der Waals surface area contributed by atoms with Crippen molar-refractivity contribution in [3.05, 3.63) is 20.2 Å². The predicted molar refractivity (Wildman–Crippen MR) is 195 cm³/mol. The smallest absolute Gasteiger partial charge is 0.379 e. The molecule has 0 aliphatic heterocycles. The van der Waals surface area contributed by atoms with E-state index in [0.717, 1.165) is 83.5 Å². The van der Waals surface area contributed by atoms with Crippen molar-refractivity contribution in [2.75, 3.05) is 0 Å². The zero-order valence-corrected chi connectivity index (χ0v) is 31.0. The van der Waals surface area contributed by atoms with E-state index in [1.54, 1.807) is 0 Å². The highest BCUT2D eigenvalue weighted by atomic mass is 16.6. The Balaban J connectivity index is 0. The van der Waals surface area contributed by atoms with Gasteiger partial charge in [0.15, 0.2) is 0 Å². The van der Waals surface area contributed by atoms with Crippen LogP contribution in [0.2, 0.25) is 0 Å². The van der Waals surface area contributed by atoms with E-state index in [1.807, 2.05) is 0 Å². The minimum absolute atomic E-state index is 0.120. The average molecular weight is 733 g/mol. The number of hydrogen-bond donors (Lipinski definition) is 4. The average Bonchev–Trinajstić information content (AvgIpc) is 3.05. The van der Waals surface area contributed by atoms with E-state index >= 15 is 0 Å². The lowest BCUT2D eigenvalue weighted by Crippen LogP contribution is -2.28. The molecule has 0 aromatic carbocycles. The lowest BCUT2D eigenvalue weighted by molar-refractivity contribution is -0.511. The molecule has 0 fully saturated rings. The number of aliphatic carboxylic acids is 4. The van der Waals surface area contributed by atoms with Gasteiger partial charge in [-0.2, -0.15) is 0 Å². The van der Waals surface area contributed by atoms with Gasteiger partial charge in [-0.05, 0) is 25.7 Å². The van der Waals surface area contributed by atoms with E-state index in [4.69, 9.17) is 20.4 Å². The molecule has 0 aromatic heterocycles. The van der Waals surface area contributed by atoms with Crippen LogP contribution in [0.1, 0.15) is 199 Å². The van der Waals surface area contributed by atoms with Crippen LogP contribution in [-0.4, -0.2) is 66.2 Å². The molecule has 0 saturated carbocycles. The molecule has 2 atom stereocenters. The Bertz CT molecular complexity index is 903. The second-order valence-electron chi connectivity index (χ2n) is 13.7. The van der Waals surface area contributed by atoms with Crippen molar-refractivity contribution in [3.8, 4) is 0 Å². The zero-order valence-electron chi connectivity index (χ0n) is 31.0. The molecule has 14 heteroatoms. The molecule has 14 nitrogen and oxygen atoms in total. The van der Waals surface area contributed by atoms with Crippen LogP contribution >= 0.6 is 0 Å². The Labute approximate surface area is 304 Å². The summed E-state index contributed by atoms with van der Waals surface area (Å²) in [6.07, 6.45) is 29.6. The molecule has 0 bridgehead atoms. The summed E-state index contributed by atoms with van der Waals surface area (Å²) in [6, 6.07) is -2.91. The van der Waals surface area contributed by atoms with Crippen LogP contribution in [0.4, 0.5) is 0 Å². The van der Waals surface area contributed by atoms with Crippen molar-refractivity contribution in [2.24, 2.45) is 0 Å². The van der Waals surface area contributed by atoms with E-state index < -0.39 is 45.8 Å². The molecular weight excluding hydrogens is 664 g/mol. The Morgan fingerprint density at radius 3 is 0.686 bits per heavy atom. The first-order valence-electron chi connectivity index (χ1n) is 19.6. The second kappa shape index (κ2) is 36.5. The third kappa shape index (κ3) is 37.8. The van der Waals surface area contributed by atoms with E-state index in [1.165, 1.54) is 77.0 Å². The van der Waals surface area contributed by atoms with Gasteiger partial charge in [0.2, 0.25) is 0 Å². The molecule has 51 heavy (non-hydrogen) atoms. The van der Waals surface area contributed by atoms with Gasteiger partial charge in [-0.3, -0.25) is 29.8 Å². The maximum Gasteiger partial charge on any atom is 0.379 e. The van der Waals surface area contributed by atoms with Crippen LogP contribution in [0.15, 0.2) is 0 Å². The summed E-state index contributed by atoms with van der Waals surface area (Å²) < 4.78 is 0. The topological polar surface area (TPSA) is 235 Å². The zero-order chi connectivity index (χ0) is 38.5.